The molecular weight excluding hydrogens is 332 g/mol. The number of carbonyl (C=O) groups is 1. The highest BCUT2D eigenvalue weighted by Crippen LogP contribution is 2.36. The SMILES string of the molecule is CC1CC(C(=O)N2CCC3(CC2)CC(Nc2ncccn2)CCO3)NN1. The van der Waals surface area contributed by atoms with Crippen LogP contribution in [0, 0.1) is 0 Å². The third-order valence-corrected chi connectivity index (χ3v) is 5.77. The van der Waals surface area contributed by atoms with Crippen molar-refractivity contribution in [1.29, 1.82) is 0 Å². The van der Waals surface area contributed by atoms with Gasteiger partial charge in [-0.15, -0.1) is 0 Å². The molecule has 3 fully saturated rings. The Bertz CT molecular complexity index is 619. The average Bonchev–Trinajstić information content (AvgIpc) is 3.09. The average molecular weight is 360 g/mol. The first-order valence-corrected chi connectivity index (χ1v) is 9.61. The first-order chi connectivity index (χ1) is 12.6. The Morgan fingerprint density at radius 3 is 2.77 bits per heavy atom. The number of likely N-dealkylation sites (tertiary alicyclic amines) is 1. The van der Waals surface area contributed by atoms with Gasteiger partial charge in [0.15, 0.2) is 0 Å². The standard InChI is InChI=1S/C18H28N6O2/c1-13-11-15(23-22-13)16(25)24-8-4-18(5-9-24)12-14(3-10-26-18)21-17-19-6-2-7-20-17/h2,6-7,13-15,22-23H,3-5,8-12H2,1H3,(H,19,20,21). The molecule has 3 N–H and O–H groups in total. The van der Waals surface area contributed by atoms with E-state index in [1.54, 1.807) is 12.4 Å². The van der Waals surface area contributed by atoms with E-state index in [2.05, 4.69) is 33.1 Å². The molecule has 4 heterocycles. The second kappa shape index (κ2) is 7.46. The lowest BCUT2D eigenvalue weighted by molar-refractivity contribution is -0.145. The van der Waals surface area contributed by atoms with Gasteiger partial charge in [0.05, 0.1) is 5.60 Å². The molecule has 0 bridgehead atoms. The van der Waals surface area contributed by atoms with Crippen molar-refractivity contribution >= 4 is 11.9 Å². The number of ether oxygens (including phenoxy) is 1. The molecule has 3 unspecified atom stereocenters. The van der Waals surface area contributed by atoms with E-state index in [1.807, 2.05) is 11.0 Å². The van der Waals surface area contributed by atoms with Gasteiger partial charge in [-0.25, -0.2) is 15.4 Å². The number of amides is 1. The molecule has 1 amide bonds. The molecule has 0 radical (unpaired) electrons. The molecule has 1 aromatic heterocycles. The summed E-state index contributed by atoms with van der Waals surface area (Å²) in [5.41, 5.74) is 6.12. The van der Waals surface area contributed by atoms with Crippen molar-refractivity contribution in [1.82, 2.24) is 25.7 Å². The predicted octanol–water partition coefficient (Wildman–Crippen LogP) is 0.684. The Balaban J connectivity index is 1.32. The molecular formula is C18H28N6O2. The van der Waals surface area contributed by atoms with Crippen molar-refractivity contribution in [2.45, 2.75) is 62.8 Å². The van der Waals surface area contributed by atoms with E-state index in [9.17, 15) is 4.79 Å². The number of rotatable bonds is 3. The Morgan fingerprint density at radius 1 is 1.31 bits per heavy atom. The second-order valence-corrected chi connectivity index (χ2v) is 7.74. The van der Waals surface area contributed by atoms with E-state index in [1.165, 1.54) is 0 Å². The molecule has 0 aliphatic carbocycles. The van der Waals surface area contributed by atoms with Gasteiger partial charge in [-0.05, 0) is 45.1 Å². The Morgan fingerprint density at radius 2 is 2.08 bits per heavy atom. The zero-order valence-electron chi connectivity index (χ0n) is 15.3. The van der Waals surface area contributed by atoms with Crippen molar-refractivity contribution < 1.29 is 9.53 Å². The van der Waals surface area contributed by atoms with Crippen LogP contribution >= 0.6 is 0 Å². The van der Waals surface area contributed by atoms with E-state index in [4.69, 9.17) is 4.74 Å². The van der Waals surface area contributed by atoms with E-state index in [-0.39, 0.29) is 17.6 Å². The molecule has 3 atom stereocenters. The summed E-state index contributed by atoms with van der Waals surface area (Å²) in [5, 5.41) is 3.43. The summed E-state index contributed by atoms with van der Waals surface area (Å²) >= 11 is 0. The number of anilines is 1. The van der Waals surface area contributed by atoms with Crippen molar-refractivity contribution in [3.05, 3.63) is 18.5 Å². The van der Waals surface area contributed by atoms with Crippen LogP contribution in [0.25, 0.3) is 0 Å². The van der Waals surface area contributed by atoms with Crippen LogP contribution in [0.5, 0.6) is 0 Å². The number of aromatic nitrogens is 2. The number of hydrazine groups is 1. The quantitative estimate of drug-likeness (QED) is 0.730. The lowest BCUT2D eigenvalue weighted by Crippen LogP contribution is -2.55. The van der Waals surface area contributed by atoms with Gasteiger partial charge in [-0.2, -0.15) is 0 Å². The molecule has 8 heteroatoms. The van der Waals surface area contributed by atoms with E-state index < -0.39 is 0 Å². The normalized spacial score (nSPS) is 31.1. The largest absolute Gasteiger partial charge is 0.375 e. The van der Waals surface area contributed by atoms with Crippen molar-refractivity contribution in [3.63, 3.8) is 0 Å². The topological polar surface area (TPSA) is 91.4 Å². The summed E-state index contributed by atoms with van der Waals surface area (Å²) in [7, 11) is 0. The minimum absolute atomic E-state index is 0.101. The van der Waals surface area contributed by atoms with Crippen LogP contribution in [0.2, 0.25) is 0 Å². The lowest BCUT2D eigenvalue weighted by atomic mass is 9.82. The minimum atomic E-state index is -0.129. The maximum absolute atomic E-state index is 12.7. The summed E-state index contributed by atoms with van der Waals surface area (Å²) in [5.74, 6) is 0.885. The van der Waals surface area contributed by atoms with Gasteiger partial charge in [-0.1, -0.05) is 0 Å². The van der Waals surface area contributed by atoms with Crippen LogP contribution < -0.4 is 16.2 Å². The second-order valence-electron chi connectivity index (χ2n) is 7.74. The molecule has 0 aromatic carbocycles. The number of piperidine rings is 1. The molecule has 1 spiro atoms. The highest BCUT2D eigenvalue weighted by Gasteiger charge is 2.42. The number of hydrogen-bond acceptors (Lipinski definition) is 7. The highest BCUT2D eigenvalue weighted by atomic mass is 16.5. The zero-order chi connectivity index (χ0) is 18.0. The van der Waals surface area contributed by atoms with Crippen LogP contribution in [-0.4, -0.2) is 64.2 Å². The molecule has 26 heavy (non-hydrogen) atoms. The molecule has 3 saturated heterocycles. The third kappa shape index (κ3) is 3.82. The van der Waals surface area contributed by atoms with Gasteiger partial charge in [0.25, 0.3) is 0 Å². The third-order valence-electron chi connectivity index (χ3n) is 5.77. The lowest BCUT2D eigenvalue weighted by Gasteiger charge is -2.46. The van der Waals surface area contributed by atoms with Gasteiger partial charge in [0.2, 0.25) is 11.9 Å². The number of nitrogens with one attached hydrogen (secondary N) is 3. The first kappa shape index (κ1) is 17.6. The minimum Gasteiger partial charge on any atom is -0.375 e. The van der Waals surface area contributed by atoms with Crippen LogP contribution in [0.3, 0.4) is 0 Å². The maximum atomic E-state index is 12.7. The van der Waals surface area contributed by atoms with Gasteiger partial charge in [0, 0.05) is 44.2 Å². The summed E-state index contributed by atoms with van der Waals surface area (Å²) in [6.45, 7) is 4.36. The Hall–Kier alpha value is -1.77. The molecule has 8 nitrogen and oxygen atoms in total. The number of nitrogens with zero attached hydrogens (tertiary/aromatic N) is 3. The smallest absolute Gasteiger partial charge is 0.241 e. The fourth-order valence-corrected chi connectivity index (χ4v) is 4.29. The highest BCUT2D eigenvalue weighted by molar-refractivity contribution is 5.82. The summed E-state index contributed by atoms with van der Waals surface area (Å²) in [4.78, 5) is 23.2. The molecule has 0 saturated carbocycles. The molecule has 3 aliphatic heterocycles. The van der Waals surface area contributed by atoms with Gasteiger partial charge in [-0.3, -0.25) is 10.2 Å². The van der Waals surface area contributed by atoms with E-state index in [0.29, 0.717) is 18.0 Å². The number of hydrogen-bond donors (Lipinski definition) is 3. The van der Waals surface area contributed by atoms with Gasteiger partial charge < -0.3 is 15.0 Å². The summed E-state index contributed by atoms with van der Waals surface area (Å²) in [6.07, 6.45) is 8.03. The van der Waals surface area contributed by atoms with Gasteiger partial charge in [0.1, 0.15) is 6.04 Å². The first-order valence-electron chi connectivity index (χ1n) is 9.61. The monoisotopic (exact) mass is 360 g/mol. The molecule has 4 rings (SSSR count). The predicted molar refractivity (Wildman–Crippen MR) is 97.3 cm³/mol. The van der Waals surface area contributed by atoms with E-state index >= 15 is 0 Å². The summed E-state index contributed by atoms with van der Waals surface area (Å²) in [6, 6.07) is 2.37. The van der Waals surface area contributed by atoms with E-state index in [0.717, 1.165) is 51.8 Å². The van der Waals surface area contributed by atoms with Crippen LogP contribution in [0.1, 0.15) is 39.0 Å². The maximum Gasteiger partial charge on any atom is 0.241 e. The summed E-state index contributed by atoms with van der Waals surface area (Å²) < 4.78 is 6.20. The van der Waals surface area contributed by atoms with Crippen molar-refractivity contribution in [2.75, 3.05) is 25.0 Å². The number of carbonyl (C=O) groups excluding carboxylic acids is 1. The molecule has 3 aliphatic rings. The van der Waals surface area contributed by atoms with Crippen LogP contribution in [0.15, 0.2) is 18.5 Å². The zero-order valence-corrected chi connectivity index (χ0v) is 15.3. The van der Waals surface area contributed by atoms with Crippen LogP contribution in [-0.2, 0) is 9.53 Å². The molecule has 142 valence electrons. The molecule has 1 aromatic rings. The van der Waals surface area contributed by atoms with Gasteiger partial charge >= 0.3 is 0 Å². The Kier molecular flexibility index (Phi) is 5.06. The van der Waals surface area contributed by atoms with Crippen LogP contribution in [0.4, 0.5) is 5.95 Å². The fourth-order valence-electron chi connectivity index (χ4n) is 4.29. The van der Waals surface area contributed by atoms with Crippen molar-refractivity contribution in [2.24, 2.45) is 0 Å². The Labute approximate surface area is 154 Å². The van der Waals surface area contributed by atoms with Crippen molar-refractivity contribution in [3.8, 4) is 0 Å². The fraction of sp³-hybridized carbons (Fsp3) is 0.722.